The van der Waals surface area contributed by atoms with E-state index in [1.807, 2.05) is 6.07 Å². The SMILES string of the molecule is O=c1c2cccnc2ncn1C[C@H](CO)Cc1ccco1. The molecule has 0 bridgehead atoms. The van der Waals surface area contributed by atoms with Gasteiger partial charge < -0.3 is 9.52 Å². The third-order valence-electron chi connectivity index (χ3n) is 3.38. The summed E-state index contributed by atoms with van der Waals surface area (Å²) < 4.78 is 6.79. The molecule has 0 aliphatic rings. The van der Waals surface area contributed by atoms with E-state index in [4.69, 9.17) is 4.42 Å². The molecule has 3 aromatic rings. The van der Waals surface area contributed by atoms with Crippen LogP contribution in [0.4, 0.5) is 0 Å². The smallest absolute Gasteiger partial charge is 0.262 e. The van der Waals surface area contributed by atoms with Gasteiger partial charge in [-0.1, -0.05) is 0 Å². The van der Waals surface area contributed by atoms with Gasteiger partial charge in [0.05, 0.1) is 18.0 Å². The number of hydrogen-bond acceptors (Lipinski definition) is 5. The second-order valence-electron chi connectivity index (χ2n) is 4.91. The van der Waals surface area contributed by atoms with Gasteiger partial charge in [-0.15, -0.1) is 0 Å². The minimum Gasteiger partial charge on any atom is -0.469 e. The molecule has 0 saturated heterocycles. The van der Waals surface area contributed by atoms with E-state index >= 15 is 0 Å². The molecular weight excluding hydrogens is 270 g/mol. The summed E-state index contributed by atoms with van der Waals surface area (Å²) >= 11 is 0. The Kier molecular flexibility index (Phi) is 3.79. The topological polar surface area (TPSA) is 81.2 Å². The molecule has 6 heteroatoms. The van der Waals surface area contributed by atoms with E-state index in [1.54, 1.807) is 30.7 Å². The number of rotatable bonds is 5. The molecule has 0 fully saturated rings. The third kappa shape index (κ3) is 2.85. The van der Waals surface area contributed by atoms with E-state index < -0.39 is 0 Å². The van der Waals surface area contributed by atoms with E-state index in [1.165, 1.54) is 10.9 Å². The number of aliphatic hydroxyl groups excluding tert-OH is 1. The van der Waals surface area contributed by atoms with Crippen molar-refractivity contribution in [2.24, 2.45) is 5.92 Å². The first kappa shape index (κ1) is 13.5. The van der Waals surface area contributed by atoms with Crippen LogP contribution in [0.3, 0.4) is 0 Å². The molecule has 0 aliphatic carbocycles. The Hall–Kier alpha value is -2.47. The minimum atomic E-state index is -0.147. The fourth-order valence-corrected chi connectivity index (χ4v) is 2.31. The Labute approximate surface area is 120 Å². The number of aromatic nitrogens is 3. The minimum absolute atomic E-state index is 0.0295. The average molecular weight is 285 g/mol. The first-order valence-electron chi connectivity index (χ1n) is 6.71. The molecule has 0 unspecified atom stereocenters. The number of fused-ring (bicyclic) bond motifs is 1. The number of pyridine rings is 1. The van der Waals surface area contributed by atoms with Crippen LogP contribution in [0.2, 0.25) is 0 Å². The molecule has 6 nitrogen and oxygen atoms in total. The molecule has 3 heterocycles. The number of nitrogens with zero attached hydrogens (tertiary/aromatic N) is 3. The van der Waals surface area contributed by atoms with Gasteiger partial charge in [0.1, 0.15) is 5.76 Å². The van der Waals surface area contributed by atoms with Crippen LogP contribution in [0.15, 0.2) is 52.3 Å². The van der Waals surface area contributed by atoms with Gasteiger partial charge in [0.25, 0.3) is 5.56 Å². The zero-order valence-corrected chi connectivity index (χ0v) is 11.3. The van der Waals surface area contributed by atoms with Crippen LogP contribution >= 0.6 is 0 Å². The fraction of sp³-hybridized carbons (Fsp3) is 0.267. The standard InChI is InChI=1S/C15H15N3O3/c19-9-11(7-12-3-2-6-21-12)8-18-10-17-14-13(15(18)20)4-1-5-16-14/h1-6,10-11,19H,7-9H2/t11-/m1/s1. The van der Waals surface area contributed by atoms with Crippen molar-refractivity contribution >= 4 is 11.0 Å². The second kappa shape index (κ2) is 5.88. The highest BCUT2D eigenvalue weighted by atomic mass is 16.3. The van der Waals surface area contributed by atoms with Gasteiger partial charge in [-0.05, 0) is 24.3 Å². The van der Waals surface area contributed by atoms with Crippen LogP contribution in [-0.4, -0.2) is 26.2 Å². The third-order valence-corrected chi connectivity index (χ3v) is 3.38. The molecular formula is C15H15N3O3. The molecule has 21 heavy (non-hydrogen) atoms. The van der Waals surface area contributed by atoms with E-state index in [0.717, 1.165) is 5.76 Å². The molecule has 0 saturated carbocycles. The van der Waals surface area contributed by atoms with Gasteiger partial charge in [0.2, 0.25) is 0 Å². The average Bonchev–Trinajstić information content (AvgIpc) is 3.02. The summed E-state index contributed by atoms with van der Waals surface area (Å²) in [6.07, 6.45) is 5.25. The summed E-state index contributed by atoms with van der Waals surface area (Å²) in [5.41, 5.74) is 0.288. The van der Waals surface area contributed by atoms with Crippen LogP contribution in [0.5, 0.6) is 0 Å². The summed E-state index contributed by atoms with van der Waals surface area (Å²) in [4.78, 5) is 20.6. The Balaban J connectivity index is 1.86. The number of aliphatic hydroxyl groups is 1. The maximum atomic E-state index is 12.4. The summed E-state index contributed by atoms with van der Waals surface area (Å²) in [5.74, 6) is 0.683. The first-order chi connectivity index (χ1) is 10.3. The van der Waals surface area contributed by atoms with Gasteiger partial charge in [0, 0.05) is 31.7 Å². The van der Waals surface area contributed by atoms with Gasteiger partial charge in [-0.25, -0.2) is 9.97 Å². The van der Waals surface area contributed by atoms with Crippen LogP contribution in [0, 0.1) is 5.92 Å². The van der Waals surface area contributed by atoms with Crippen molar-refractivity contribution in [2.45, 2.75) is 13.0 Å². The zero-order chi connectivity index (χ0) is 14.7. The molecule has 0 radical (unpaired) electrons. The van der Waals surface area contributed by atoms with Crippen molar-refractivity contribution < 1.29 is 9.52 Å². The monoisotopic (exact) mass is 285 g/mol. The van der Waals surface area contributed by atoms with Crippen molar-refractivity contribution in [3.63, 3.8) is 0 Å². The van der Waals surface area contributed by atoms with Crippen LogP contribution < -0.4 is 5.56 Å². The van der Waals surface area contributed by atoms with Crippen LogP contribution in [0.1, 0.15) is 5.76 Å². The van der Waals surface area contributed by atoms with Crippen molar-refractivity contribution in [3.8, 4) is 0 Å². The highest BCUT2D eigenvalue weighted by Gasteiger charge is 2.13. The van der Waals surface area contributed by atoms with E-state index in [0.29, 0.717) is 24.0 Å². The highest BCUT2D eigenvalue weighted by molar-refractivity contribution is 5.72. The van der Waals surface area contributed by atoms with Crippen molar-refractivity contribution in [3.05, 3.63) is 59.2 Å². The van der Waals surface area contributed by atoms with Crippen molar-refractivity contribution in [1.29, 1.82) is 0 Å². The first-order valence-corrected chi connectivity index (χ1v) is 6.71. The molecule has 3 rings (SSSR count). The molecule has 1 atom stereocenters. The Morgan fingerprint density at radius 1 is 1.29 bits per heavy atom. The largest absolute Gasteiger partial charge is 0.469 e. The maximum absolute atomic E-state index is 12.4. The Bertz CT molecular complexity index is 780. The summed E-state index contributed by atoms with van der Waals surface area (Å²) in [5, 5.41) is 9.98. The Morgan fingerprint density at radius 2 is 2.19 bits per heavy atom. The van der Waals surface area contributed by atoms with Gasteiger partial charge >= 0.3 is 0 Å². The lowest BCUT2D eigenvalue weighted by Gasteiger charge is -2.14. The Morgan fingerprint density at radius 3 is 2.95 bits per heavy atom. The lowest BCUT2D eigenvalue weighted by molar-refractivity contribution is 0.203. The van der Waals surface area contributed by atoms with Crippen LogP contribution in [-0.2, 0) is 13.0 Å². The summed E-state index contributed by atoms with van der Waals surface area (Å²) in [7, 11) is 0. The molecule has 3 aromatic heterocycles. The molecule has 0 spiro atoms. The number of furan rings is 1. The highest BCUT2D eigenvalue weighted by Crippen LogP contribution is 2.11. The van der Waals surface area contributed by atoms with Gasteiger partial charge in [-0.2, -0.15) is 0 Å². The van der Waals surface area contributed by atoms with E-state index in [2.05, 4.69) is 9.97 Å². The van der Waals surface area contributed by atoms with E-state index in [9.17, 15) is 9.90 Å². The van der Waals surface area contributed by atoms with Gasteiger partial charge in [0.15, 0.2) is 5.65 Å². The molecule has 0 aromatic carbocycles. The van der Waals surface area contributed by atoms with Crippen molar-refractivity contribution in [2.75, 3.05) is 6.61 Å². The number of hydrogen-bond donors (Lipinski definition) is 1. The molecule has 0 amide bonds. The lowest BCUT2D eigenvalue weighted by atomic mass is 10.1. The maximum Gasteiger partial charge on any atom is 0.262 e. The summed E-state index contributed by atoms with van der Waals surface area (Å²) in [6, 6.07) is 7.07. The predicted octanol–water partition coefficient (Wildman–Crippen LogP) is 1.24. The molecule has 1 N–H and O–H groups in total. The van der Waals surface area contributed by atoms with Crippen molar-refractivity contribution in [1.82, 2.24) is 14.5 Å². The summed E-state index contributed by atoms with van der Waals surface area (Å²) in [6.45, 7) is 0.353. The van der Waals surface area contributed by atoms with E-state index in [-0.39, 0.29) is 18.1 Å². The fourth-order valence-electron chi connectivity index (χ4n) is 2.31. The molecule has 108 valence electrons. The predicted molar refractivity (Wildman–Crippen MR) is 76.8 cm³/mol. The normalized spacial score (nSPS) is 12.6. The second-order valence-corrected chi connectivity index (χ2v) is 4.91. The lowest BCUT2D eigenvalue weighted by Crippen LogP contribution is -2.27. The zero-order valence-electron chi connectivity index (χ0n) is 11.3. The quantitative estimate of drug-likeness (QED) is 0.762. The van der Waals surface area contributed by atoms with Crippen LogP contribution in [0.25, 0.3) is 11.0 Å². The van der Waals surface area contributed by atoms with Gasteiger partial charge in [-0.3, -0.25) is 9.36 Å². The molecule has 0 aliphatic heterocycles.